The lowest BCUT2D eigenvalue weighted by Gasteiger charge is -2.35. The molecule has 0 aromatic heterocycles. The molecule has 0 aromatic carbocycles. The number of carboxylic acids is 1. The van der Waals surface area contributed by atoms with Gasteiger partial charge in [-0.15, -0.1) is 0 Å². The second kappa shape index (κ2) is 4.43. The van der Waals surface area contributed by atoms with Gasteiger partial charge in [-0.1, -0.05) is 0 Å². The zero-order chi connectivity index (χ0) is 10.8. The number of hydrogen-bond donors (Lipinski definition) is 1. The minimum absolute atomic E-state index is 0.00653. The lowest BCUT2D eigenvalue weighted by molar-refractivity contribution is -0.166. The van der Waals surface area contributed by atoms with Crippen molar-refractivity contribution in [3.8, 4) is 0 Å². The fourth-order valence-corrected chi connectivity index (χ4v) is 2.15. The summed E-state index contributed by atoms with van der Waals surface area (Å²) < 4.78 is 10.0. The minimum atomic E-state index is -0.969. The molecule has 0 saturated carbocycles. The average Bonchev–Trinajstić information content (AvgIpc) is 2.00. The first-order valence-electron chi connectivity index (χ1n) is 4.18. The third kappa shape index (κ3) is 2.81. The Hall–Kier alpha value is -0.370. The maximum Gasteiger partial charge on any atom is 0.309 e. The lowest BCUT2D eigenvalue weighted by Crippen LogP contribution is -2.44. The van der Waals surface area contributed by atoms with Gasteiger partial charge < -0.3 is 12.9 Å². The molecule has 1 rings (SSSR count). The van der Waals surface area contributed by atoms with Crippen LogP contribution in [0.1, 0.15) is 26.2 Å². The molecule has 1 fully saturated rings. The van der Waals surface area contributed by atoms with Gasteiger partial charge in [0.25, 0.3) is 0 Å². The van der Waals surface area contributed by atoms with Crippen LogP contribution in [-0.2, 0) is 17.4 Å². The van der Waals surface area contributed by atoms with Crippen molar-refractivity contribution in [1.29, 1.82) is 0 Å². The van der Waals surface area contributed by atoms with E-state index in [1.54, 1.807) is 29.9 Å². The molecule has 0 spiro atoms. The van der Waals surface area contributed by atoms with Gasteiger partial charge in [-0.25, -0.2) is 0 Å². The van der Waals surface area contributed by atoms with Crippen LogP contribution in [0, 0.1) is 0 Å². The van der Waals surface area contributed by atoms with Crippen molar-refractivity contribution in [2.45, 2.75) is 37.9 Å². The summed E-state index contributed by atoms with van der Waals surface area (Å²) in [5.74, 6) is -1.37. The van der Waals surface area contributed by atoms with Gasteiger partial charge >= 0.3 is 11.9 Å². The molecule has 1 N–H and O–H groups in total. The molecular formula is C8H11IO5. The number of aliphatic carboxylic acids is 1. The van der Waals surface area contributed by atoms with Crippen molar-refractivity contribution in [1.82, 2.24) is 0 Å². The molecule has 1 heterocycles. The summed E-state index contributed by atoms with van der Waals surface area (Å²) in [6.07, 6.45) is -0.0268. The second-order valence-electron chi connectivity index (χ2n) is 3.51. The van der Waals surface area contributed by atoms with E-state index >= 15 is 0 Å². The zero-order valence-electron chi connectivity index (χ0n) is 7.66. The van der Waals surface area contributed by atoms with Gasteiger partial charge in [0.2, 0.25) is 0 Å². The fourth-order valence-electron chi connectivity index (χ4n) is 1.66. The van der Waals surface area contributed by atoms with Crippen molar-refractivity contribution in [3.05, 3.63) is 0 Å². The number of cyclic esters (lactones) is 1. The summed E-state index contributed by atoms with van der Waals surface area (Å²) in [7, 11) is 0. The van der Waals surface area contributed by atoms with Crippen LogP contribution in [0.5, 0.6) is 0 Å². The highest BCUT2D eigenvalue weighted by Crippen LogP contribution is 2.34. The summed E-state index contributed by atoms with van der Waals surface area (Å²) >= 11 is 1.64. The molecule has 1 aliphatic heterocycles. The molecule has 2 unspecified atom stereocenters. The van der Waals surface area contributed by atoms with E-state index in [2.05, 4.69) is 0 Å². The predicted octanol–water partition coefficient (Wildman–Crippen LogP) is 1.29. The Labute approximate surface area is 95.4 Å². The molecule has 80 valence electrons. The fraction of sp³-hybridized carbons (Fsp3) is 0.750. The SMILES string of the molecule is CC1CC(CC(=O)O)(OI)CC(=O)O1. The van der Waals surface area contributed by atoms with E-state index in [0.29, 0.717) is 6.42 Å². The molecular weight excluding hydrogens is 303 g/mol. The van der Waals surface area contributed by atoms with Crippen molar-refractivity contribution in [2.24, 2.45) is 0 Å². The van der Waals surface area contributed by atoms with E-state index in [4.69, 9.17) is 12.9 Å². The highest BCUT2D eigenvalue weighted by Gasteiger charge is 2.42. The monoisotopic (exact) mass is 314 g/mol. The Morgan fingerprint density at radius 2 is 2.50 bits per heavy atom. The largest absolute Gasteiger partial charge is 0.481 e. The summed E-state index contributed by atoms with van der Waals surface area (Å²) in [5, 5.41) is 8.70. The standard InChI is InChI=1S/C8H11IO5/c1-5-2-8(14-9,3-6(10)11)4-7(12)13-5/h5H,2-4H2,1H3,(H,10,11). The van der Waals surface area contributed by atoms with E-state index in [-0.39, 0.29) is 18.9 Å². The highest BCUT2D eigenvalue weighted by molar-refractivity contribution is 14.1. The first-order valence-corrected chi connectivity index (χ1v) is 5.06. The first kappa shape index (κ1) is 11.7. The van der Waals surface area contributed by atoms with Crippen molar-refractivity contribution < 1.29 is 22.5 Å². The molecule has 5 nitrogen and oxygen atoms in total. The third-order valence-electron chi connectivity index (χ3n) is 2.10. The van der Waals surface area contributed by atoms with Crippen LogP contribution in [0.3, 0.4) is 0 Å². The van der Waals surface area contributed by atoms with Gasteiger partial charge in [-0.05, 0) is 6.92 Å². The predicted molar refractivity (Wildman–Crippen MR) is 54.9 cm³/mol. The molecule has 0 aliphatic carbocycles. The average molecular weight is 314 g/mol. The van der Waals surface area contributed by atoms with Gasteiger partial charge in [-0.3, -0.25) is 9.59 Å². The number of esters is 1. The van der Waals surface area contributed by atoms with Crippen LogP contribution in [0.4, 0.5) is 0 Å². The summed E-state index contributed by atoms with van der Waals surface area (Å²) in [6.45, 7) is 1.73. The number of ether oxygens (including phenoxy) is 1. The smallest absolute Gasteiger partial charge is 0.309 e. The van der Waals surface area contributed by atoms with Crippen LogP contribution in [0.2, 0.25) is 0 Å². The normalized spacial score (nSPS) is 32.4. The molecule has 2 atom stereocenters. The second-order valence-corrected chi connectivity index (χ2v) is 3.95. The molecule has 1 saturated heterocycles. The van der Waals surface area contributed by atoms with E-state index in [1.807, 2.05) is 0 Å². The Bertz CT molecular complexity index is 250. The van der Waals surface area contributed by atoms with Gasteiger partial charge in [-0.2, -0.15) is 0 Å². The lowest BCUT2D eigenvalue weighted by atomic mass is 9.87. The molecule has 0 amide bonds. The minimum Gasteiger partial charge on any atom is -0.481 e. The molecule has 6 heteroatoms. The maximum atomic E-state index is 11.1. The molecule has 0 bridgehead atoms. The van der Waals surface area contributed by atoms with Crippen LogP contribution in [-0.4, -0.2) is 28.8 Å². The molecule has 14 heavy (non-hydrogen) atoms. The van der Waals surface area contributed by atoms with E-state index in [1.165, 1.54) is 0 Å². The third-order valence-corrected chi connectivity index (χ3v) is 3.03. The van der Waals surface area contributed by atoms with E-state index in [0.717, 1.165) is 0 Å². The summed E-state index contributed by atoms with van der Waals surface area (Å²) in [4.78, 5) is 21.7. The number of rotatable bonds is 3. The van der Waals surface area contributed by atoms with Gasteiger partial charge in [0.1, 0.15) is 34.7 Å². The highest BCUT2D eigenvalue weighted by atomic mass is 127. The first-order chi connectivity index (χ1) is 6.47. The van der Waals surface area contributed by atoms with Gasteiger partial charge in [0.15, 0.2) is 0 Å². The summed E-state index contributed by atoms with van der Waals surface area (Å²) in [5.41, 5.74) is -0.902. The Kier molecular flexibility index (Phi) is 3.71. The van der Waals surface area contributed by atoms with Crippen molar-refractivity contribution >= 4 is 34.9 Å². The number of hydrogen-bond acceptors (Lipinski definition) is 4. The van der Waals surface area contributed by atoms with Crippen LogP contribution >= 0.6 is 23.0 Å². The maximum absolute atomic E-state index is 11.1. The number of carboxylic acid groups (broad SMARTS) is 1. The molecule has 0 aromatic rings. The van der Waals surface area contributed by atoms with Crippen LogP contribution in [0.25, 0.3) is 0 Å². The molecule has 1 aliphatic rings. The molecule has 0 radical (unpaired) electrons. The zero-order valence-corrected chi connectivity index (χ0v) is 9.81. The van der Waals surface area contributed by atoms with Crippen molar-refractivity contribution in [2.75, 3.05) is 0 Å². The van der Waals surface area contributed by atoms with E-state index in [9.17, 15) is 9.59 Å². The van der Waals surface area contributed by atoms with Gasteiger partial charge in [0.05, 0.1) is 12.8 Å². The quantitative estimate of drug-likeness (QED) is 0.628. The number of carbonyl (C=O) groups excluding carboxylic acids is 1. The Morgan fingerprint density at radius 3 is 2.93 bits per heavy atom. The van der Waals surface area contributed by atoms with Gasteiger partial charge in [0, 0.05) is 6.42 Å². The topological polar surface area (TPSA) is 72.8 Å². The van der Waals surface area contributed by atoms with Crippen molar-refractivity contribution in [3.63, 3.8) is 0 Å². The number of carbonyl (C=O) groups is 2. The van der Waals surface area contributed by atoms with E-state index < -0.39 is 17.5 Å². The summed E-state index contributed by atoms with van der Waals surface area (Å²) in [6, 6.07) is 0. The number of halogens is 1. The Balaban J connectivity index is 2.76. The van der Waals surface area contributed by atoms with Crippen LogP contribution < -0.4 is 0 Å². The Morgan fingerprint density at radius 1 is 1.86 bits per heavy atom. The van der Waals surface area contributed by atoms with Crippen LogP contribution in [0.15, 0.2) is 0 Å².